The number of pyridine rings is 1. The first kappa shape index (κ1) is 15.1. The molecule has 2 fully saturated rings. The van der Waals surface area contributed by atoms with Gasteiger partial charge in [0.1, 0.15) is 5.25 Å². The van der Waals surface area contributed by atoms with Crippen molar-refractivity contribution in [2.24, 2.45) is 0 Å². The molecule has 0 aliphatic carbocycles. The lowest BCUT2D eigenvalue weighted by Crippen LogP contribution is -2.50. The molecule has 2 aliphatic rings. The average molecular weight is 332 g/mol. The molecule has 3 heterocycles. The summed E-state index contributed by atoms with van der Waals surface area (Å²) in [4.78, 5) is 4.41. The van der Waals surface area contributed by atoms with E-state index in [-0.39, 0.29) is 5.25 Å². The Balaban J connectivity index is 1.53. The topological polar surface area (TPSA) is 59.5 Å². The van der Waals surface area contributed by atoms with Crippen LogP contribution in [0.2, 0.25) is 0 Å². The molecule has 122 valence electrons. The predicted octanol–water partition coefficient (Wildman–Crippen LogP) is 2.14. The Labute approximate surface area is 136 Å². The van der Waals surface area contributed by atoms with Crippen LogP contribution in [-0.2, 0) is 14.8 Å². The number of aromatic nitrogens is 1. The monoisotopic (exact) mass is 332 g/mol. The first-order valence-corrected chi connectivity index (χ1v) is 9.57. The first-order valence-electron chi connectivity index (χ1n) is 8.06. The van der Waals surface area contributed by atoms with Crippen molar-refractivity contribution < 1.29 is 13.2 Å². The Morgan fingerprint density at radius 1 is 1.09 bits per heavy atom. The van der Waals surface area contributed by atoms with Crippen LogP contribution in [0.4, 0.5) is 0 Å². The molecule has 2 saturated heterocycles. The molecule has 0 spiro atoms. The molecular weight excluding hydrogens is 312 g/mol. The number of benzene rings is 1. The van der Waals surface area contributed by atoms with E-state index in [9.17, 15) is 8.42 Å². The smallest absolute Gasteiger partial charge is 0.221 e. The van der Waals surface area contributed by atoms with Gasteiger partial charge in [0.15, 0.2) is 0 Å². The highest BCUT2D eigenvalue weighted by Gasteiger charge is 2.39. The van der Waals surface area contributed by atoms with E-state index in [1.165, 1.54) is 10.9 Å². The van der Waals surface area contributed by atoms with Crippen molar-refractivity contribution in [1.82, 2.24) is 9.29 Å². The molecule has 0 atom stereocenters. The minimum atomic E-state index is -3.18. The molecular formula is C17H20N2O3S. The summed E-state index contributed by atoms with van der Waals surface area (Å²) in [7, 11) is -3.18. The fourth-order valence-corrected chi connectivity index (χ4v) is 5.17. The second kappa shape index (κ2) is 5.85. The van der Waals surface area contributed by atoms with E-state index in [4.69, 9.17) is 4.74 Å². The molecule has 2 aliphatic heterocycles. The number of ether oxygens (including phenoxy) is 1. The highest BCUT2D eigenvalue weighted by Crippen LogP contribution is 2.34. The molecule has 0 radical (unpaired) electrons. The lowest BCUT2D eigenvalue weighted by atomic mass is 9.88. The maximum atomic E-state index is 12.5. The lowest BCUT2D eigenvalue weighted by molar-refractivity contribution is 0.0388. The molecule has 4 rings (SSSR count). The maximum Gasteiger partial charge on any atom is 0.221 e. The molecule has 0 saturated carbocycles. The molecule has 1 aromatic heterocycles. The number of fused-ring (bicyclic) bond motifs is 1. The normalized spacial score (nSPS) is 21.4. The molecule has 5 nitrogen and oxygen atoms in total. The van der Waals surface area contributed by atoms with Gasteiger partial charge in [0.2, 0.25) is 10.0 Å². The molecule has 23 heavy (non-hydrogen) atoms. The summed E-state index contributed by atoms with van der Waals surface area (Å²) >= 11 is 0. The SMILES string of the molecule is O=S(=O)(C1COC1)N1CCC(c2ccnc3ccccc23)CC1. The Hall–Kier alpha value is -1.50. The standard InChI is InChI=1S/C17H20N2O3S/c20-23(21,14-11-22-12-14)19-9-6-13(7-10-19)15-5-8-18-17-4-2-1-3-16(15)17/h1-5,8,13-14H,6-7,9-12H2. The molecule has 1 aromatic carbocycles. The second-order valence-electron chi connectivity index (χ2n) is 6.30. The van der Waals surface area contributed by atoms with Crippen molar-refractivity contribution in [1.29, 1.82) is 0 Å². The second-order valence-corrected chi connectivity index (χ2v) is 8.51. The summed E-state index contributed by atoms with van der Waals surface area (Å²) in [6, 6.07) is 10.2. The maximum absolute atomic E-state index is 12.5. The number of piperidine rings is 1. The third kappa shape index (κ3) is 2.65. The highest BCUT2D eigenvalue weighted by molar-refractivity contribution is 7.89. The van der Waals surface area contributed by atoms with Gasteiger partial charge in [0.05, 0.1) is 18.7 Å². The van der Waals surface area contributed by atoms with Crippen LogP contribution < -0.4 is 0 Å². The summed E-state index contributed by atoms with van der Waals surface area (Å²) in [6.07, 6.45) is 3.58. The number of rotatable bonds is 3. The van der Waals surface area contributed by atoms with Crippen LogP contribution >= 0.6 is 0 Å². The minimum absolute atomic E-state index is 0.333. The quantitative estimate of drug-likeness (QED) is 0.864. The van der Waals surface area contributed by atoms with Crippen molar-refractivity contribution >= 4 is 20.9 Å². The molecule has 0 unspecified atom stereocenters. The summed E-state index contributed by atoms with van der Waals surface area (Å²) in [5, 5.41) is 0.851. The van der Waals surface area contributed by atoms with Gasteiger partial charge in [-0.15, -0.1) is 0 Å². The fraction of sp³-hybridized carbons (Fsp3) is 0.471. The van der Waals surface area contributed by atoms with Crippen molar-refractivity contribution in [2.75, 3.05) is 26.3 Å². The molecule has 0 N–H and O–H groups in total. The van der Waals surface area contributed by atoms with E-state index in [1.54, 1.807) is 4.31 Å². The van der Waals surface area contributed by atoms with Gasteiger partial charge in [-0.3, -0.25) is 4.98 Å². The number of hydrogen-bond acceptors (Lipinski definition) is 4. The molecule has 0 amide bonds. The van der Waals surface area contributed by atoms with E-state index in [0.717, 1.165) is 18.4 Å². The Morgan fingerprint density at radius 3 is 2.52 bits per heavy atom. The fourth-order valence-electron chi connectivity index (χ4n) is 3.49. The lowest BCUT2D eigenvalue weighted by Gasteiger charge is -2.36. The van der Waals surface area contributed by atoms with Gasteiger partial charge in [0, 0.05) is 24.7 Å². The minimum Gasteiger partial charge on any atom is -0.378 e. The van der Waals surface area contributed by atoms with E-state index in [2.05, 4.69) is 17.1 Å². The summed E-state index contributed by atoms with van der Waals surface area (Å²) in [5.74, 6) is 0.395. The van der Waals surface area contributed by atoms with Gasteiger partial charge in [-0.25, -0.2) is 12.7 Å². The van der Waals surface area contributed by atoms with Gasteiger partial charge >= 0.3 is 0 Å². The zero-order chi connectivity index (χ0) is 15.9. The number of nitrogens with zero attached hydrogens (tertiary/aromatic N) is 2. The predicted molar refractivity (Wildman–Crippen MR) is 88.8 cm³/mol. The van der Waals surface area contributed by atoms with Crippen molar-refractivity contribution in [3.63, 3.8) is 0 Å². The number of para-hydroxylation sites is 1. The number of sulfonamides is 1. The van der Waals surface area contributed by atoms with E-state index in [0.29, 0.717) is 32.2 Å². The van der Waals surface area contributed by atoms with E-state index < -0.39 is 10.0 Å². The molecule has 0 bridgehead atoms. The van der Waals surface area contributed by atoms with Crippen molar-refractivity contribution in [3.05, 3.63) is 42.1 Å². The Morgan fingerprint density at radius 2 is 1.83 bits per heavy atom. The van der Waals surface area contributed by atoms with Crippen molar-refractivity contribution in [2.45, 2.75) is 24.0 Å². The van der Waals surface area contributed by atoms with E-state index >= 15 is 0 Å². The van der Waals surface area contributed by atoms with Crippen LogP contribution in [-0.4, -0.2) is 49.3 Å². The molecule has 2 aromatic rings. The van der Waals surface area contributed by atoms with Gasteiger partial charge in [0.25, 0.3) is 0 Å². The number of hydrogen-bond donors (Lipinski definition) is 0. The van der Waals surface area contributed by atoms with Gasteiger partial charge < -0.3 is 4.74 Å². The van der Waals surface area contributed by atoms with Crippen molar-refractivity contribution in [3.8, 4) is 0 Å². The third-order valence-electron chi connectivity index (χ3n) is 4.97. The summed E-state index contributed by atoms with van der Waals surface area (Å²) < 4.78 is 31.6. The van der Waals surface area contributed by atoms with Crippen LogP contribution in [0, 0.1) is 0 Å². The summed E-state index contributed by atoms with van der Waals surface area (Å²) in [5.41, 5.74) is 2.30. The van der Waals surface area contributed by atoms with Crippen LogP contribution in [0.25, 0.3) is 10.9 Å². The molecule has 6 heteroatoms. The highest BCUT2D eigenvalue weighted by atomic mass is 32.2. The van der Waals surface area contributed by atoms with Gasteiger partial charge in [-0.05, 0) is 36.5 Å². The Bertz CT molecular complexity index is 804. The first-order chi connectivity index (χ1) is 11.2. The van der Waals surface area contributed by atoms with Crippen LogP contribution in [0.1, 0.15) is 24.3 Å². The zero-order valence-electron chi connectivity index (χ0n) is 12.9. The Kier molecular flexibility index (Phi) is 3.83. The summed E-state index contributed by atoms with van der Waals surface area (Å²) in [6.45, 7) is 1.88. The van der Waals surface area contributed by atoms with Crippen LogP contribution in [0.3, 0.4) is 0 Å². The third-order valence-corrected chi connectivity index (χ3v) is 7.16. The van der Waals surface area contributed by atoms with Gasteiger partial charge in [-0.1, -0.05) is 18.2 Å². The average Bonchev–Trinajstić information content (AvgIpc) is 2.52. The van der Waals surface area contributed by atoms with Crippen LogP contribution in [0.15, 0.2) is 36.5 Å². The zero-order valence-corrected chi connectivity index (χ0v) is 13.7. The largest absolute Gasteiger partial charge is 0.378 e. The van der Waals surface area contributed by atoms with E-state index in [1.807, 2.05) is 24.4 Å². The van der Waals surface area contributed by atoms with Crippen LogP contribution in [0.5, 0.6) is 0 Å². The van der Waals surface area contributed by atoms with Gasteiger partial charge in [-0.2, -0.15) is 0 Å².